The molecule has 0 aromatic heterocycles. The smallest absolute Gasteiger partial charge is 0.243 e. The summed E-state index contributed by atoms with van der Waals surface area (Å²) in [6, 6.07) is 4.73. The largest absolute Gasteiger partial charge is 0.387 e. The molecule has 1 N–H and O–H groups in total. The Hall–Kier alpha value is -1.02. The Labute approximate surface area is 118 Å². The molecule has 0 spiro atoms. The topological polar surface area (TPSA) is 60.9 Å². The van der Waals surface area contributed by atoms with Crippen LogP contribution in [0.5, 0.6) is 0 Å². The second-order valence-electron chi connectivity index (χ2n) is 5.50. The highest BCUT2D eigenvalue weighted by Crippen LogP contribution is 2.27. The van der Waals surface area contributed by atoms with E-state index in [1.165, 1.54) is 16.4 Å². The highest BCUT2D eigenvalue weighted by Gasteiger charge is 2.41. The summed E-state index contributed by atoms with van der Waals surface area (Å²) in [7, 11) is -0.0172. The fourth-order valence-electron chi connectivity index (χ4n) is 2.50. The van der Waals surface area contributed by atoms with Gasteiger partial charge in [-0.1, -0.05) is 0 Å². The van der Waals surface area contributed by atoms with Gasteiger partial charge in [0.05, 0.1) is 10.5 Å². The molecule has 20 heavy (non-hydrogen) atoms. The summed E-state index contributed by atoms with van der Waals surface area (Å²) in [4.78, 5) is 1.88. The molecule has 5 nitrogen and oxygen atoms in total. The number of nitrogens with zero attached hydrogens (tertiary/aromatic N) is 2. The van der Waals surface area contributed by atoms with Crippen molar-refractivity contribution in [3.8, 4) is 0 Å². The van der Waals surface area contributed by atoms with Gasteiger partial charge in [-0.15, -0.1) is 0 Å². The van der Waals surface area contributed by atoms with Gasteiger partial charge in [0.25, 0.3) is 0 Å². The van der Waals surface area contributed by atoms with Crippen molar-refractivity contribution in [3.63, 3.8) is 0 Å². The average Bonchev–Trinajstić information content (AvgIpc) is 2.71. The molecule has 1 fully saturated rings. The van der Waals surface area contributed by atoms with E-state index >= 15 is 0 Å². The van der Waals surface area contributed by atoms with Crippen molar-refractivity contribution >= 4 is 10.0 Å². The standard InChI is InChI=1S/C13H19FN2O3S/c1-15(2)9-13(17)7-8-16(10-13)20(18,19)12-5-3-11(14)4-6-12/h3-6,17H,7-10H2,1-2H3/t13-/m1/s1. The number of hydrogen-bond donors (Lipinski definition) is 1. The van der Waals surface area contributed by atoms with Crippen LogP contribution in [0.3, 0.4) is 0 Å². The molecule has 2 rings (SSSR count). The zero-order chi connectivity index (χ0) is 15.0. The number of benzene rings is 1. The lowest BCUT2D eigenvalue weighted by molar-refractivity contribution is 0.0302. The van der Waals surface area contributed by atoms with E-state index in [0.717, 1.165) is 12.1 Å². The minimum absolute atomic E-state index is 0.0491. The molecule has 0 amide bonds. The van der Waals surface area contributed by atoms with Crippen molar-refractivity contribution in [2.75, 3.05) is 33.7 Å². The number of likely N-dealkylation sites (N-methyl/N-ethyl adjacent to an activating group) is 1. The number of rotatable bonds is 4. The summed E-state index contributed by atoms with van der Waals surface area (Å²) >= 11 is 0. The van der Waals surface area contributed by atoms with Crippen LogP contribution >= 0.6 is 0 Å². The van der Waals surface area contributed by atoms with E-state index in [0.29, 0.717) is 13.0 Å². The van der Waals surface area contributed by atoms with Gasteiger partial charge in [0.2, 0.25) is 10.0 Å². The van der Waals surface area contributed by atoms with Gasteiger partial charge < -0.3 is 10.0 Å². The second-order valence-corrected chi connectivity index (χ2v) is 7.44. The van der Waals surface area contributed by atoms with Crippen molar-refractivity contribution in [2.45, 2.75) is 16.9 Å². The van der Waals surface area contributed by atoms with Gasteiger partial charge in [0, 0.05) is 19.6 Å². The van der Waals surface area contributed by atoms with E-state index in [9.17, 15) is 17.9 Å². The van der Waals surface area contributed by atoms with Crippen molar-refractivity contribution in [1.82, 2.24) is 9.21 Å². The molecular weight excluding hydrogens is 283 g/mol. The molecule has 112 valence electrons. The van der Waals surface area contributed by atoms with Gasteiger partial charge >= 0.3 is 0 Å². The third kappa shape index (κ3) is 3.17. The normalized spacial score (nSPS) is 24.4. The summed E-state index contributed by atoms with van der Waals surface area (Å²) in [5.74, 6) is -0.477. The lowest BCUT2D eigenvalue weighted by atomic mass is 10.0. The molecule has 0 radical (unpaired) electrons. The molecule has 1 aromatic rings. The van der Waals surface area contributed by atoms with Crippen LogP contribution in [-0.4, -0.2) is 62.1 Å². The summed E-state index contributed by atoms with van der Waals surface area (Å²) < 4.78 is 38.9. The summed E-state index contributed by atoms with van der Waals surface area (Å²) in [5, 5.41) is 10.4. The summed E-state index contributed by atoms with van der Waals surface area (Å²) in [6.45, 7) is 0.734. The highest BCUT2D eigenvalue weighted by atomic mass is 32.2. The molecule has 7 heteroatoms. The minimum Gasteiger partial charge on any atom is -0.387 e. The lowest BCUT2D eigenvalue weighted by Crippen LogP contribution is -2.43. The Morgan fingerprint density at radius 1 is 1.35 bits per heavy atom. The fraction of sp³-hybridized carbons (Fsp3) is 0.538. The van der Waals surface area contributed by atoms with Crippen molar-refractivity contribution in [3.05, 3.63) is 30.1 Å². The number of hydrogen-bond acceptors (Lipinski definition) is 4. The maximum Gasteiger partial charge on any atom is 0.243 e. The first kappa shape index (κ1) is 15.4. The molecule has 1 aliphatic rings. The third-order valence-electron chi connectivity index (χ3n) is 3.36. The van der Waals surface area contributed by atoms with Crippen LogP contribution in [0.4, 0.5) is 4.39 Å². The SMILES string of the molecule is CN(C)C[C@]1(O)CCN(S(=O)(=O)c2ccc(F)cc2)C1. The zero-order valence-corrected chi connectivity index (χ0v) is 12.4. The first-order valence-corrected chi connectivity index (χ1v) is 7.80. The Balaban J connectivity index is 2.18. The van der Waals surface area contributed by atoms with Gasteiger partial charge in [-0.3, -0.25) is 0 Å². The number of β-amino-alcohol motifs (C(OH)–C–C–N with tert-alkyl or cyclic N) is 1. The van der Waals surface area contributed by atoms with Crippen molar-refractivity contribution in [2.24, 2.45) is 0 Å². The molecule has 0 saturated carbocycles. The van der Waals surface area contributed by atoms with E-state index in [1.807, 2.05) is 19.0 Å². The minimum atomic E-state index is -3.67. The monoisotopic (exact) mass is 302 g/mol. The van der Waals surface area contributed by atoms with Gasteiger partial charge in [-0.05, 0) is 44.8 Å². The fourth-order valence-corrected chi connectivity index (χ4v) is 4.02. The molecule has 0 aliphatic carbocycles. The molecule has 1 aromatic carbocycles. The quantitative estimate of drug-likeness (QED) is 0.880. The van der Waals surface area contributed by atoms with E-state index in [2.05, 4.69) is 0 Å². The summed E-state index contributed by atoms with van der Waals surface area (Å²) in [5.41, 5.74) is -1.03. The molecule has 1 saturated heterocycles. The average molecular weight is 302 g/mol. The van der Waals surface area contributed by atoms with Crippen molar-refractivity contribution < 1.29 is 17.9 Å². The van der Waals surface area contributed by atoms with Crippen LogP contribution in [0.15, 0.2) is 29.2 Å². The van der Waals surface area contributed by atoms with Crippen LogP contribution in [-0.2, 0) is 10.0 Å². The third-order valence-corrected chi connectivity index (χ3v) is 5.22. The lowest BCUT2D eigenvalue weighted by Gasteiger charge is -2.26. The molecule has 1 aliphatic heterocycles. The van der Waals surface area contributed by atoms with Gasteiger partial charge in [-0.25, -0.2) is 12.8 Å². The van der Waals surface area contributed by atoms with E-state index < -0.39 is 21.4 Å². The van der Waals surface area contributed by atoms with E-state index in [4.69, 9.17) is 0 Å². The zero-order valence-electron chi connectivity index (χ0n) is 11.6. The van der Waals surface area contributed by atoms with Gasteiger partial charge in [0.1, 0.15) is 5.82 Å². The first-order chi connectivity index (χ1) is 9.23. The molecule has 0 bridgehead atoms. The predicted molar refractivity (Wildman–Crippen MR) is 73.3 cm³/mol. The van der Waals surface area contributed by atoms with Crippen molar-refractivity contribution in [1.29, 1.82) is 0 Å². The molecule has 0 unspecified atom stereocenters. The second kappa shape index (κ2) is 5.40. The van der Waals surface area contributed by atoms with Gasteiger partial charge in [-0.2, -0.15) is 4.31 Å². The van der Waals surface area contributed by atoms with Crippen LogP contribution in [0.25, 0.3) is 0 Å². The predicted octanol–water partition coefficient (Wildman–Crippen LogP) is 0.513. The van der Waals surface area contributed by atoms with E-state index in [-0.39, 0.29) is 18.0 Å². The highest BCUT2D eigenvalue weighted by molar-refractivity contribution is 7.89. The Morgan fingerprint density at radius 3 is 2.50 bits per heavy atom. The first-order valence-electron chi connectivity index (χ1n) is 6.36. The van der Waals surface area contributed by atoms with Crippen LogP contribution in [0, 0.1) is 5.82 Å². The maximum absolute atomic E-state index is 12.9. The van der Waals surface area contributed by atoms with Crippen LogP contribution in [0.1, 0.15) is 6.42 Å². The number of sulfonamides is 1. The molecule has 1 atom stereocenters. The summed E-state index contributed by atoms with van der Waals surface area (Å²) in [6.07, 6.45) is 0.394. The van der Waals surface area contributed by atoms with Crippen LogP contribution in [0.2, 0.25) is 0 Å². The Bertz CT molecular complexity index is 574. The molecular formula is C13H19FN2O3S. The maximum atomic E-state index is 12.9. The number of aliphatic hydroxyl groups is 1. The molecule has 1 heterocycles. The van der Waals surface area contributed by atoms with Crippen LogP contribution < -0.4 is 0 Å². The van der Waals surface area contributed by atoms with Gasteiger partial charge in [0.15, 0.2) is 0 Å². The Morgan fingerprint density at radius 2 is 1.95 bits per heavy atom. The number of halogens is 1. The Kier molecular flexibility index (Phi) is 4.15. The van der Waals surface area contributed by atoms with E-state index in [1.54, 1.807) is 0 Å².